The molecule has 3 nitrogen and oxygen atoms in total. The van der Waals surface area contributed by atoms with Crippen molar-refractivity contribution in [2.24, 2.45) is 5.73 Å². The number of likely N-dealkylation sites (N-methyl/N-ethyl adjacent to an activating group) is 1. The van der Waals surface area contributed by atoms with Crippen LogP contribution in [0, 0.1) is 0 Å². The molecule has 1 saturated carbocycles. The van der Waals surface area contributed by atoms with E-state index in [9.17, 15) is 0 Å². The third-order valence-corrected chi connectivity index (χ3v) is 4.76. The van der Waals surface area contributed by atoms with Gasteiger partial charge in [0, 0.05) is 25.7 Å². The Balaban J connectivity index is 2.14. The molecule has 0 aromatic heterocycles. The Morgan fingerprint density at radius 1 is 1.35 bits per heavy atom. The van der Waals surface area contributed by atoms with E-state index < -0.39 is 0 Å². The molecule has 0 saturated heterocycles. The number of methoxy groups -OCH3 is 1. The van der Waals surface area contributed by atoms with Gasteiger partial charge in [-0.15, -0.1) is 0 Å². The van der Waals surface area contributed by atoms with Crippen molar-refractivity contribution in [2.45, 2.75) is 50.8 Å². The summed E-state index contributed by atoms with van der Waals surface area (Å²) in [7, 11) is 1.82. The monoisotopic (exact) mass is 276 g/mol. The van der Waals surface area contributed by atoms with Crippen molar-refractivity contribution in [3.8, 4) is 0 Å². The summed E-state index contributed by atoms with van der Waals surface area (Å²) in [5.41, 5.74) is 7.65. The average Bonchev–Trinajstić information content (AvgIpc) is 2.53. The van der Waals surface area contributed by atoms with Gasteiger partial charge in [0.05, 0.1) is 6.10 Å². The van der Waals surface area contributed by atoms with E-state index in [0.29, 0.717) is 12.6 Å². The number of benzene rings is 1. The molecule has 0 bridgehead atoms. The quantitative estimate of drug-likeness (QED) is 0.868. The molecule has 1 aliphatic carbocycles. The van der Waals surface area contributed by atoms with Crippen molar-refractivity contribution >= 4 is 0 Å². The van der Waals surface area contributed by atoms with Crippen molar-refractivity contribution < 1.29 is 4.74 Å². The summed E-state index contributed by atoms with van der Waals surface area (Å²) >= 11 is 0. The predicted octanol–water partition coefficient (Wildman–Crippen LogP) is 2.80. The van der Waals surface area contributed by atoms with Gasteiger partial charge in [-0.1, -0.05) is 37.3 Å². The van der Waals surface area contributed by atoms with Crippen molar-refractivity contribution in [1.29, 1.82) is 0 Å². The SMILES string of the molecule is CCN(Cc1ccccc1)C1(CN)CCCC(OC)C1. The van der Waals surface area contributed by atoms with Crippen LogP contribution in [0.5, 0.6) is 0 Å². The highest BCUT2D eigenvalue weighted by Crippen LogP contribution is 2.35. The summed E-state index contributed by atoms with van der Waals surface area (Å²) in [5.74, 6) is 0. The highest BCUT2D eigenvalue weighted by Gasteiger charge is 2.39. The molecular weight excluding hydrogens is 248 g/mol. The Labute approximate surface area is 123 Å². The smallest absolute Gasteiger partial charge is 0.0589 e. The third-order valence-electron chi connectivity index (χ3n) is 4.76. The summed E-state index contributed by atoms with van der Waals surface area (Å²) in [5, 5.41) is 0. The molecule has 3 heteroatoms. The van der Waals surface area contributed by atoms with Crippen molar-refractivity contribution in [3.05, 3.63) is 35.9 Å². The van der Waals surface area contributed by atoms with E-state index in [1.165, 1.54) is 24.8 Å². The average molecular weight is 276 g/mol. The summed E-state index contributed by atoms with van der Waals surface area (Å²) in [6.45, 7) is 4.96. The zero-order valence-electron chi connectivity index (χ0n) is 12.8. The highest BCUT2D eigenvalue weighted by atomic mass is 16.5. The zero-order valence-corrected chi connectivity index (χ0v) is 12.8. The minimum Gasteiger partial charge on any atom is -0.381 e. The van der Waals surface area contributed by atoms with E-state index in [0.717, 1.165) is 19.5 Å². The van der Waals surface area contributed by atoms with Crippen molar-refractivity contribution in [1.82, 2.24) is 4.90 Å². The second-order valence-corrected chi connectivity index (χ2v) is 5.88. The fraction of sp³-hybridized carbons (Fsp3) is 0.647. The molecule has 112 valence electrons. The van der Waals surface area contributed by atoms with Crippen LogP contribution in [-0.2, 0) is 11.3 Å². The van der Waals surface area contributed by atoms with Gasteiger partial charge < -0.3 is 10.5 Å². The van der Waals surface area contributed by atoms with E-state index in [2.05, 4.69) is 42.2 Å². The molecule has 2 N–H and O–H groups in total. The highest BCUT2D eigenvalue weighted by molar-refractivity contribution is 5.15. The second-order valence-electron chi connectivity index (χ2n) is 5.88. The lowest BCUT2D eigenvalue weighted by atomic mass is 9.78. The Bertz CT molecular complexity index is 395. The van der Waals surface area contributed by atoms with Gasteiger partial charge in [-0.3, -0.25) is 4.90 Å². The van der Waals surface area contributed by atoms with Gasteiger partial charge in [-0.2, -0.15) is 0 Å². The first-order valence-corrected chi connectivity index (χ1v) is 7.76. The Hall–Kier alpha value is -0.900. The van der Waals surface area contributed by atoms with Crippen LogP contribution in [-0.4, -0.2) is 36.7 Å². The molecule has 0 spiro atoms. The zero-order chi connectivity index (χ0) is 14.4. The van der Waals surface area contributed by atoms with Crippen LogP contribution in [0.4, 0.5) is 0 Å². The third kappa shape index (κ3) is 3.40. The molecule has 1 aromatic carbocycles. The Morgan fingerprint density at radius 3 is 2.70 bits per heavy atom. The Morgan fingerprint density at radius 2 is 2.10 bits per heavy atom. The van der Waals surface area contributed by atoms with Gasteiger partial charge >= 0.3 is 0 Å². The first kappa shape index (κ1) is 15.5. The molecule has 0 amide bonds. The van der Waals surface area contributed by atoms with Crippen LogP contribution in [0.15, 0.2) is 30.3 Å². The number of rotatable bonds is 6. The van der Waals surface area contributed by atoms with E-state index >= 15 is 0 Å². The van der Waals surface area contributed by atoms with Crippen LogP contribution in [0.1, 0.15) is 38.2 Å². The molecule has 2 unspecified atom stereocenters. The van der Waals surface area contributed by atoms with E-state index in [-0.39, 0.29) is 5.54 Å². The normalized spacial score (nSPS) is 26.9. The van der Waals surface area contributed by atoms with E-state index in [4.69, 9.17) is 10.5 Å². The minimum atomic E-state index is 0.101. The van der Waals surface area contributed by atoms with Gasteiger partial charge in [0.15, 0.2) is 0 Å². The lowest BCUT2D eigenvalue weighted by molar-refractivity contribution is -0.0237. The summed E-state index contributed by atoms with van der Waals surface area (Å²) < 4.78 is 5.61. The maximum atomic E-state index is 6.19. The van der Waals surface area contributed by atoms with Crippen LogP contribution in [0.3, 0.4) is 0 Å². The molecule has 0 heterocycles. The van der Waals surface area contributed by atoms with Crippen LogP contribution < -0.4 is 5.73 Å². The van der Waals surface area contributed by atoms with Gasteiger partial charge in [-0.25, -0.2) is 0 Å². The number of nitrogens with zero attached hydrogens (tertiary/aromatic N) is 1. The molecule has 1 fully saturated rings. The van der Waals surface area contributed by atoms with Crippen LogP contribution in [0.25, 0.3) is 0 Å². The first-order valence-electron chi connectivity index (χ1n) is 7.76. The molecule has 20 heavy (non-hydrogen) atoms. The fourth-order valence-corrected chi connectivity index (χ4v) is 3.51. The largest absolute Gasteiger partial charge is 0.381 e. The van der Waals surface area contributed by atoms with Crippen molar-refractivity contribution in [3.63, 3.8) is 0 Å². The standard InChI is InChI=1S/C17H28N2O/c1-3-19(13-15-8-5-4-6-9-15)17(14-18)11-7-10-16(12-17)20-2/h4-6,8-9,16H,3,7,10-14,18H2,1-2H3. The summed E-state index contributed by atoms with van der Waals surface area (Å²) in [4.78, 5) is 2.55. The van der Waals surface area contributed by atoms with Gasteiger partial charge in [0.1, 0.15) is 0 Å². The van der Waals surface area contributed by atoms with Crippen LogP contribution >= 0.6 is 0 Å². The number of ether oxygens (including phenoxy) is 1. The lowest BCUT2D eigenvalue weighted by Crippen LogP contribution is -2.57. The molecule has 2 rings (SSSR count). The summed E-state index contributed by atoms with van der Waals surface area (Å²) in [6.07, 6.45) is 4.98. The van der Waals surface area contributed by atoms with Crippen LogP contribution in [0.2, 0.25) is 0 Å². The number of nitrogens with two attached hydrogens (primary N) is 1. The van der Waals surface area contributed by atoms with E-state index in [1.807, 2.05) is 7.11 Å². The first-order chi connectivity index (χ1) is 9.74. The molecule has 1 aromatic rings. The maximum Gasteiger partial charge on any atom is 0.0589 e. The van der Waals surface area contributed by atoms with Gasteiger partial charge in [0.25, 0.3) is 0 Å². The lowest BCUT2D eigenvalue weighted by Gasteiger charge is -2.47. The second kappa shape index (κ2) is 7.21. The number of hydrogen-bond donors (Lipinski definition) is 1. The fourth-order valence-electron chi connectivity index (χ4n) is 3.51. The minimum absolute atomic E-state index is 0.101. The van der Waals surface area contributed by atoms with E-state index in [1.54, 1.807) is 0 Å². The van der Waals surface area contributed by atoms with Gasteiger partial charge in [0.2, 0.25) is 0 Å². The Kier molecular flexibility index (Phi) is 5.58. The summed E-state index contributed by atoms with van der Waals surface area (Å²) in [6, 6.07) is 10.7. The predicted molar refractivity (Wildman–Crippen MR) is 83.6 cm³/mol. The van der Waals surface area contributed by atoms with Crippen molar-refractivity contribution in [2.75, 3.05) is 20.2 Å². The maximum absolute atomic E-state index is 6.19. The molecular formula is C17H28N2O. The molecule has 1 aliphatic rings. The molecule has 2 atom stereocenters. The number of hydrogen-bond acceptors (Lipinski definition) is 3. The van der Waals surface area contributed by atoms with Gasteiger partial charge in [-0.05, 0) is 37.8 Å². The topological polar surface area (TPSA) is 38.5 Å². The molecule has 0 radical (unpaired) electrons. The molecule has 0 aliphatic heterocycles.